The average molecular weight is 328 g/mol. The summed E-state index contributed by atoms with van der Waals surface area (Å²) in [4.78, 5) is 22.2. The minimum absolute atomic E-state index is 0.211. The Hall–Kier alpha value is -3.06. The van der Waals surface area contributed by atoms with Gasteiger partial charge in [-0.1, -0.05) is 31.2 Å². The molecule has 0 aliphatic heterocycles. The first kappa shape index (κ1) is 17.3. The van der Waals surface area contributed by atoms with Crippen LogP contribution in [0.1, 0.15) is 34.3 Å². The Labute approximate surface area is 138 Å². The number of benzene rings is 2. The van der Waals surface area contributed by atoms with Crippen LogP contribution in [-0.2, 0) is 0 Å². The maximum Gasteiger partial charge on any atom is 0.248 e. The second-order valence-corrected chi connectivity index (χ2v) is 5.22. The Balaban J connectivity index is 2.44. The molecule has 0 fully saturated rings. The molecule has 0 saturated carbocycles. The van der Waals surface area contributed by atoms with Gasteiger partial charge in [0.25, 0.3) is 0 Å². The van der Waals surface area contributed by atoms with E-state index in [1.807, 2.05) is 6.92 Å². The molecule has 6 nitrogen and oxygen atoms in total. The van der Waals surface area contributed by atoms with E-state index in [-0.39, 0.29) is 11.6 Å². The van der Waals surface area contributed by atoms with Crippen molar-refractivity contribution in [3.05, 3.63) is 76.0 Å². The van der Waals surface area contributed by atoms with Gasteiger partial charge in [-0.3, -0.25) is 10.6 Å². The molecule has 1 amide bonds. The van der Waals surface area contributed by atoms with Crippen molar-refractivity contribution in [2.24, 2.45) is 16.8 Å². The van der Waals surface area contributed by atoms with Gasteiger partial charge >= 0.3 is 0 Å². The van der Waals surface area contributed by atoms with Crippen molar-refractivity contribution in [1.82, 2.24) is 5.43 Å². The van der Waals surface area contributed by atoms with Gasteiger partial charge in [0.05, 0.1) is 5.70 Å². The molecule has 1 unspecified atom stereocenters. The van der Waals surface area contributed by atoms with E-state index in [1.165, 1.54) is 12.1 Å². The van der Waals surface area contributed by atoms with E-state index in [9.17, 15) is 14.1 Å². The summed E-state index contributed by atoms with van der Waals surface area (Å²) in [6.07, 6.45) is 1.75. The summed E-state index contributed by atoms with van der Waals surface area (Å²) < 4.78 is 13.4. The summed E-state index contributed by atoms with van der Waals surface area (Å²) in [7, 11) is 0. The summed E-state index contributed by atoms with van der Waals surface area (Å²) in [6, 6.07) is 10.9. The molecule has 0 aliphatic carbocycles. The van der Waals surface area contributed by atoms with E-state index in [1.54, 1.807) is 30.3 Å². The Morgan fingerprint density at radius 2 is 2.00 bits per heavy atom. The molecule has 124 valence electrons. The zero-order valence-electron chi connectivity index (χ0n) is 13.0. The van der Waals surface area contributed by atoms with Crippen molar-refractivity contribution in [2.75, 3.05) is 0 Å². The average Bonchev–Trinajstić information content (AvgIpc) is 2.60. The number of nitrogens with two attached hydrogens (primary N) is 2. The number of primary amides is 1. The molecule has 0 aromatic heterocycles. The summed E-state index contributed by atoms with van der Waals surface area (Å²) in [5, 5.41) is 2.64. The summed E-state index contributed by atoms with van der Waals surface area (Å²) in [5.41, 5.74) is 9.70. The van der Waals surface area contributed by atoms with Gasteiger partial charge in [0.15, 0.2) is 5.82 Å². The molecule has 0 saturated heterocycles. The van der Waals surface area contributed by atoms with Gasteiger partial charge in [-0.05, 0) is 35.0 Å². The van der Waals surface area contributed by atoms with E-state index >= 15 is 0 Å². The number of rotatable bonds is 6. The Morgan fingerprint density at radius 1 is 1.29 bits per heavy atom. The van der Waals surface area contributed by atoms with Crippen LogP contribution in [0.3, 0.4) is 0 Å². The second-order valence-electron chi connectivity index (χ2n) is 5.22. The lowest BCUT2D eigenvalue weighted by atomic mass is 9.93. The largest absolute Gasteiger partial charge is 0.366 e. The normalized spacial score (nSPS) is 12.5. The molecular formula is C17H17FN4O2. The van der Waals surface area contributed by atoms with Gasteiger partial charge in [0.2, 0.25) is 5.91 Å². The highest BCUT2D eigenvalue weighted by Gasteiger charge is 2.14. The van der Waals surface area contributed by atoms with Crippen LogP contribution in [0, 0.1) is 10.7 Å². The van der Waals surface area contributed by atoms with E-state index in [2.05, 4.69) is 10.6 Å². The van der Waals surface area contributed by atoms with Crippen LogP contribution >= 0.6 is 0 Å². The Bertz CT molecular complexity index is 805. The molecule has 2 rings (SSSR count). The van der Waals surface area contributed by atoms with Crippen LogP contribution in [0.5, 0.6) is 0 Å². The van der Waals surface area contributed by atoms with Crippen LogP contribution in [0.15, 0.2) is 53.7 Å². The van der Waals surface area contributed by atoms with Crippen molar-refractivity contribution in [2.45, 2.75) is 12.8 Å². The van der Waals surface area contributed by atoms with Crippen LogP contribution in [0.2, 0.25) is 0 Å². The number of nitrogens with zero attached hydrogens (tertiary/aromatic N) is 1. The fourth-order valence-corrected chi connectivity index (χ4v) is 2.44. The molecule has 2 aromatic carbocycles. The minimum Gasteiger partial charge on any atom is -0.366 e. The number of nitroso groups, excluding NO2 is 1. The third-order valence-corrected chi connectivity index (χ3v) is 3.64. The SMILES string of the molecule is CC(/C=C(\NN)c1ccc(F)c(N=O)c1)c1ccccc1C(N)=O. The first-order valence-electron chi connectivity index (χ1n) is 7.18. The van der Waals surface area contributed by atoms with Crippen LogP contribution in [0.4, 0.5) is 10.1 Å². The fraction of sp³-hybridized carbons (Fsp3) is 0.118. The highest BCUT2D eigenvalue weighted by molar-refractivity contribution is 5.94. The quantitative estimate of drug-likeness (QED) is 0.430. The first-order chi connectivity index (χ1) is 11.5. The maximum atomic E-state index is 13.4. The van der Waals surface area contributed by atoms with Gasteiger partial charge in [0.1, 0.15) is 5.69 Å². The lowest BCUT2D eigenvalue weighted by Crippen LogP contribution is -2.21. The van der Waals surface area contributed by atoms with Crippen LogP contribution in [-0.4, -0.2) is 5.91 Å². The van der Waals surface area contributed by atoms with E-state index in [4.69, 9.17) is 11.6 Å². The zero-order chi connectivity index (χ0) is 17.7. The number of hydrogen-bond acceptors (Lipinski definition) is 5. The monoisotopic (exact) mass is 328 g/mol. The molecule has 7 heteroatoms. The minimum atomic E-state index is -0.711. The summed E-state index contributed by atoms with van der Waals surface area (Å²) in [6.45, 7) is 1.86. The van der Waals surface area contributed by atoms with Crippen molar-refractivity contribution < 1.29 is 9.18 Å². The van der Waals surface area contributed by atoms with Gasteiger partial charge < -0.3 is 11.2 Å². The van der Waals surface area contributed by atoms with Crippen LogP contribution < -0.4 is 17.0 Å². The topological polar surface area (TPSA) is 111 Å². The molecule has 0 radical (unpaired) electrons. The van der Waals surface area contributed by atoms with Crippen molar-refractivity contribution in [3.63, 3.8) is 0 Å². The predicted molar refractivity (Wildman–Crippen MR) is 90.5 cm³/mol. The molecule has 1 atom stereocenters. The van der Waals surface area contributed by atoms with E-state index < -0.39 is 11.7 Å². The van der Waals surface area contributed by atoms with Crippen LogP contribution in [0.25, 0.3) is 5.70 Å². The van der Waals surface area contributed by atoms with E-state index in [0.29, 0.717) is 16.8 Å². The van der Waals surface area contributed by atoms with Gasteiger partial charge in [0, 0.05) is 17.0 Å². The number of allylic oxidation sites excluding steroid dienone is 1. The molecule has 24 heavy (non-hydrogen) atoms. The zero-order valence-corrected chi connectivity index (χ0v) is 13.0. The van der Waals surface area contributed by atoms with Crippen molar-refractivity contribution in [1.29, 1.82) is 0 Å². The molecule has 0 heterocycles. The van der Waals surface area contributed by atoms with Gasteiger partial charge in [-0.2, -0.15) is 0 Å². The predicted octanol–water partition coefficient (Wildman–Crippen LogP) is 2.93. The van der Waals surface area contributed by atoms with Crippen molar-refractivity contribution >= 4 is 17.3 Å². The number of amides is 1. The third-order valence-electron chi connectivity index (χ3n) is 3.64. The second kappa shape index (κ2) is 7.47. The lowest BCUT2D eigenvalue weighted by Gasteiger charge is -2.14. The third kappa shape index (κ3) is 3.64. The summed E-state index contributed by atoms with van der Waals surface area (Å²) >= 11 is 0. The number of nitrogens with one attached hydrogen (secondary N) is 1. The number of halogens is 1. The van der Waals surface area contributed by atoms with Crippen molar-refractivity contribution in [3.8, 4) is 0 Å². The highest BCUT2D eigenvalue weighted by Crippen LogP contribution is 2.27. The Morgan fingerprint density at radius 3 is 2.62 bits per heavy atom. The number of carbonyl (C=O) groups is 1. The molecule has 0 bridgehead atoms. The number of hydrogen-bond donors (Lipinski definition) is 3. The number of carbonyl (C=O) groups excluding carboxylic acids is 1. The first-order valence-corrected chi connectivity index (χ1v) is 7.18. The standard InChI is InChI=1S/C17H17FN4O2/c1-10(12-4-2-3-5-13(12)17(19)23)8-15(21-20)11-6-7-14(18)16(9-11)22-24/h2-10,21H,20H2,1H3,(H2,19,23)/b15-8-. The summed E-state index contributed by atoms with van der Waals surface area (Å²) in [5.74, 6) is 4.10. The maximum absolute atomic E-state index is 13.4. The smallest absolute Gasteiger partial charge is 0.248 e. The highest BCUT2D eigenvalue weighted by atomic mass is 19.1. The molecule has 5 N–H and O–H groups in total. The molecule has 0 aliphatic rings. The lowest BCUT2D eigenvalue weighted by molar-refractivity contribution is 0.0999. The van der Waals surface area contributed by atoms with Gasteiger partial charge in [-0.25, -0.2) is 4.39 Å². The molecule has 2 aromatic rings. The van der Waals surface area contributed by atoms with E-state index in [0.717, 1.165) is 11.6 Å². The number of hydrazine groups is 1. The molecular weight excluding hydrogens is 311 g/mol. The molecule has 0 spiro atoms. The Kier molecular flexibility index (Phi) is 5.39. The van der Waals surface area contributed by atoms with Gasteiger partial charge in [-0.15, -0.1) is 4.91 Å². The fourth-order valence-electron chi connectivity index (χ4n) is 2.44.